The summed E-state index contributed by atoms with van der Waals surface area (Å²) in [5, 5.41) is 1.99. The lowest BCUT2D eigenvalue weighted by atomic mass is 10.2. The predicted octanol–water partition coefficient (Wildman–Crippen LogP) is 4.18. The van der Waals surface area contributed by atoms with Gasteiger partial charge < -0.3 is 14.4 Å². The van der Waals surface area contributed by atoms with Gasteiger partial charge in [0, 0.05) is 22.5 Å². The van der Waals surface area contributed by atoms with Crippen molar-refractivity contribution in [1.82, 2.24) is 4.90 Å². The van der Waals surface area contributed by atoms with Crippen molar-refractivity contribution in [3.8, 4) is 11.5 Å². The summed E-state index contributed by atoms with van der Waals surface area (Å²) in [6, 6.07) is 18.3. The lowest BCUT2D eigenvalue weighted by Crippen LogP contribution is -2.34. The topological polar surface area (TPSA) is 55.8 Å². The van der Waals surface area contributed by atoms with Gasteiger partial charge in [0.15, 0.2) is 6.61 Å². The van der Waals surface area contributed by atoms with E-state index in [2.05, 4.69) is 0 Å². The SMILES string of the molecule is COc1ccccc1CN(Cc1cccs1)C(=O)COc1ccc(C=O)cc1. The smallest absolute Gasteiger partial charge is 0.261 e. The molecule has 5 nitrogen and oxygen atoms in total. The summed E-state index contributed by atoms with van der Waals surface area (Å²) in [6.07, 6.45) is 0.769. The zero-order valence-electron chi connectivity index (χ0n) is 15.5. The molecule has 0 saturated heterocycles. The molecule has 0 aliphatic carbocycles. The summed E-state index contributed by atoms with van der Waals surface area (Å²) in [5.41, 5.74) is 1.50. The van der Waals surface area contributed by atoms with Gasteiger partial charge in [-0.25, -0.2) is 0 Å². The largest absolute Gasteiger partial charge is 0.496 e. The first-order valence-corrected chi connectivity index (χ1v) is 9.67. The number of nitrogens with zero attached hydrogens (tertiary/aromatic N) is 1. The highest BCUT2D eigenvalue weighted by Gasteiger charge is 2.18. The Labute approximate surface area is 168 Å². The molecule has 3 aromatic rings. The van der Waals surface area contributed by atoms with Gasteiger partial charge in [0.05, 0.1) is 13.7 Å². The molecule has 3 rings (SSSR count). The Morgan fingerprint density at radius 2 is 1.82 bits per heavy atom. The monoisotopic (exact) mass is 395 g/mol. The number of carbonyl (C=O) groups excluding carboxylic acids is 2. The number of thiophene rings is 1. The van der Waals surface area contributed by atoms with Gasteiger partial charge in [-0.1, -0.05) is 24.3 Å². The summed E-state index contributed by atoms with van der Waals surface area (Å²) in [6.45, 7) is 0.844. The molecule has 0 N–H and O–H groups in total. The lowest BCUT2D eigenvalue weighted by molar-refractivity contribution is -0.134. The fraction of sp³-hybridized carbons (Fsp3) is 0.182. The average Bonchev–Trinajstić information content (AvgIpc) is 3.25. The Morgan fingerprint density at radius 3 is 2.50 bits per heavy atom. The second kappa shape index (κ2) is 9.71. The van der Waals surface area contributed by atoms with Crippen LogP contribution in [0, 0.1) is 0 Å². The molecule has 28 heavy (non-hydrogen) atoms. The number of para-hydroxylation sites is 1. The lowest BCUT2D eigenvalue weighted by Gasteiger charge is -2.23. The van der Waals surface area contributed by atoms with E-state index < -0.39 is 0 Å². The third kappa shape index (κ3) is 5.20. The van der Waals surface area contributed by atoms with Crippen molar-refractivity contribution in [2.45, 2.75) is 13.1 Å². The second-order valence-electron chi connectivity index (χ2n) is 6.12. The van der Waals surface area contributed by atoms with E-state index in [1.807, 2.05) is 41.8 Å². The molecule has 1 amide bonds. The Balaban J connectivity index is 1.71. The quantitative estimate of drug-likeness (QED) is 0.510. The number of methoxy groups -OCH3 is 1. The molecule has 144 valence electrons. The molecule has 0 unspecified atom stereocenters. The van der Waals surface area contributed by atoms with Crippen molar-refractivity contribution in [2.24, 2.45) is 0 Å². The zero-order chi connectivity index (χ0) is 19.8. The van der Waals surface area contributed by atoms with E-state index >= 15 is 0 Å². The molecule has 0 atom stereocenters. The van der Waals surface area contributed by atoms with Crippen molar-refractivity contribution in [3.05, 3.63) is 82.0 Å². The fourth-order valence-electron chi connectivity index (χ4n) is 2.74. The maximum absolute atomic E-state index is 12.9. The van der Waals surface area contributed by atoms with Crippen molar-refractivity contribution < 1.29 is 19.1 Å². The third-order valence-electron chi connectivity index (χ3n) is 4.21. The van der Waals surface area contributed by atoms with E-state index in [1.54, 1.807) is 47.6 Å². The van der Waals surface area contributed by atoms with Crippen LogP contribution in [0.15, 0.2) is 66.0 Å². The summed E-state index contributed by atoms with van der Waals surface area (Å²) < 4.78 is 11.0. The highest BCUT2D eigenvalue weighted by molar-refractivity contribution is 7.09. The molecule has 0 aliphatic rings. The van der Waals surface area contributed by atoms with Crippen LogP contribution in [0.5, 0.6) is 11.5 Å². The van der Waals surface area contributed by atoms with Crippen LogP contribution in [0.25, 0.3) is 0 Å². The molecule has 0 fully saturated rings. The van der Waals surface area contributed by atoms with Gasteiger partial charge in [-0.15, -0.1) is 11.3 Å². The molecule has 1 aromatic heterocycles. The number of rotatable bonds is 9. The standard InChI is InChI=1S/C22H21NO4S/c1-26-21-7-3-2-5-18(21)13-23(14-20-6-4-12-28-20)22(25)16-27-19-10-8-17(15-24)9-11-19/h2-12,15H,13-14,16H2,1H3. The van der Waals surface area contributed by atoms with Crippen molar-refractivity contribution in [1.29, 1.82) is 0 Å². The van der Waals surface area contributed by atoms with E-state index in [9.17, 15) is 9.59 Å². The minimum Gasteiger partial charge on any atom is -0.496 e. The van der Waals surface area contributed by atoms with Crippen LogP contribution in [-0.4, -0.2) is 30.8 Å². The van der Waals surface area contributed by atoms with Crippen LogP contribution in [0.1, 0.15) is 20.8 Å². The van der Waals surface area contributed by atoms with Crippen LogP contribution < -0.4 is 9.47 Å². The van der Waals surface area contributed by atoms with Crippen LogP contribution in [0.3, 0.4) is 0 Å². The van der Waals surface area contributed by atoms with E-state index in [-0.39, 0.29) is 12.5 Å². The molecule has 6 heteroatoms. The third-order valence-corrected chi connectivity index (χ3v) is 5.07. The first kappa shape index (κ1) is 19.6. The molecule has 0 spiro atoms. The number of ether oxygens (including phenoxy) is 2. The Hall–Kier alpha value is -3.12. The first-order valence-electron chi connectivity index (χ1n) is 8.79. The summed E-state index contributed by atoms with van der Waals surface area (Å²) in [7, 11) is 1.62. The number of benzene rings is 2. The van der Waals surface area contributed by atoms with Gasteiger partial charge in [0.25, 0.3) is 5.91 Å². The van der Waals surface area contributed by atoms with Crippen molar-refractivity contribution in [3.63, 3.8) is 0 Å². The van der Waals surface area contributed by atoms with Gasteiger partial charge in [-0.3, -0.25) is 9.59 Å². The van der Waals surface area contributed by atoms with Crippen LogP contribution >= 0.6 is 11.3 Å². The highest BCUT2D eigenvalue weighted by atomic mass is 32.1. The van der Waals surface area contributed by atoms with Crippen LogP contribution in [0.2, 0.25) is 0 Å². The molecule has 0 bridgehead atoms. The van der Waals surface area contributed by atoms with E-state index in [4.69, 9.17) is 9.47 Å². The van der Waals surface area contributed by atoms with E-state index in [0.717, 1.165) is 22.5 Å². The molecule has 0 saturated carbocycles. The van der Waals surface area contributed by atoms with Gasteiger partial charge in [-0.2, -0.15) is 0 Å². The second-order valence-corrected chi connectivity index (χ2v) is 7.15. The van der Waals surface area contributed by atoms with Crippen molar-refractivity contribution >= 4 is 23.5 Å². The molecule has 1 heterocycles. The van der Waals surface area contributed by atoms with E-state index in [1.165, 1.54) is 0 Å². The predicted molar refractivity (Wildman–Crippen MR) is 109 cm³/mol. The zero-order valence-corrected chi connectivity index (χ0v) is 16.4. The van der Waals surface area contributed by atoms with Gasteiger partial charge in [-0.05, 0) is 41.8 Å². The summed E-state index contributed by atoms with van der Waals surface area (Å²) in [4.78, 5) is 26.5. The number of amides is 1. The average molecular weight is 395 g/mol. The minimum absolute atomic E-state index is 0.0824. The molecule has 0 aliphatic heterocycles. The van der Waals surface area contributed by atoms with Crippen LogP contribution in [-0.2, 0) is 17.9 Å². The molecular formula is C22H21NO4S. The van der Waals surface area contributed by atoms with E-state index in [0.29, 0.717) is 24.4 Å². The highest BCUT2D eigenvalue weighted by Crippen LogP contribution is 2.22. The Bertz CT molecular complexity index is 907. The maximum Gasteiger partial charge on any atom is 0.261 e. The van der Waals surface area contributed by atoms with Gasteiger partial charge in [0.1, 0.15) is 17.8 Å². The van der Waals surface area contributed by atoms with Crippen molar-refractivity contribution in [2.75, 3.05) is 13.7 Å². The maximum atomic E-state index is 12.9. The fourth-order valence-corrected chi connectivity index (χ4v) is 3.46. The number of aldehydes is 1. The Morgan fingerprint density at radius 1 is 1.04 bits per heavy atom. The summed E-state index contributed by atoms with van der Waals surface area (Å²) in [5.74, 6) is 1.17. The number of hydrogen-bond acceptors (Lipinski definition) is 5. The number of hydrogen-bond donors (Lipinski definition) is 0. The molecular weight excluding hydrogens is 374 g/mol. The molecule has 2 aromatic carbocycles. The summed E-state index contributed by atoms with van der Waals surface area (Å²) >= 11 is 1.61. The Kier molecular flexibility index (Phi) is 6.81. The normalized spacial score (nSPS) is 10.3. The number of carbonyl (C=O) groups is 2. The molecule has 0 radical (unpaired) electrons. The first-order chi connectivity index (χ1) is 13.7. The van der Waals surface area contributed by atoms with Crippen LogP contribution in [0.4, 0.5) is 0 Å². The van der Waals surface area contributed by atoms with Gasteiger partial charge in [0.2, 0.25) is 0 Å². The van der Waals surface area contributed by atoms with Gasteiger partial charge >= 0.3 is 0 Å². The minimum atomic E-state index is -0.126.